The van der Waals surface area contributed by atoms with Gasteiger partial charge < -0.3 is 10.7 Å². The van der Waals surface area contributed by atoms with Crippen molar-refractivity contribution in [2.75, 3.05) is 10.7 Å². The van der Waals surface area contributed by atoms with Gasteiger partial charge >= 0.3 is 0 Å². The van der Waals surface area contributed by atoms with E-state index in [-0.39, 0.29) is 11.6 Å². The molecule has 0 bridgehead atoms. The van der Waals surface area contributed by atoms with Gasteiger partial charge in [0, 0.05) is 11.6 Å². The second kappa shape index (κ2) is 5.79. The fourth-order valence-corrected chi connectivity index (χ4v) is 1.88. The molecule has 5 nitrogen and oxygen atoms in total. The molecule has 106 valence electrons. The molecule has 2 rings (SSSR count). The van der Waals surface area contributed by atoms with Gasteiger partial charge in [0.2, 0.25) is 0 Å². The number of nitrogen functional groups attached to an aromatic ring is 1. The zero-order valence-corrected chi connectivity index (χ0v) is 11.1. The number of hydrogen-bond acceptors (Lipinski definition) is 5. The van der Waals surface area contributed by atoms with Gasteiger partial charge in [-0.3, -0.25) is 0 Å². The molecule has 0 saturated heterocycles. The topological polar surface area (TPSA) is 75.9 Å². The van der Waals surface area contributed by atoms with Gasteiger partial charge in [-0.05, 0) is 18.1 Å². The predicted molar refractivity (Wildman–Crippen MR) is 73.6 cm³/mol. The Kier molecular flexibility index (Phi) is 4.09. The van der Waals surface area contributed by atoms with Gasteiger partial charge in [0.25, 0.3) is 0 Å². The summed E-state index contributed by atoms with van der Waals surface area (Å²) >= 11 is 0. The lowest BCUT2D eigenvalue weighted by Gasteiger charge is -2.16. The fraction of sp³-hybridized carbons (Fsp3) is 0.231. The molecule has 0 fully saturated rings. The summed E-state index contributed by atoms with van der Waals surface area (Å²) in [6, 6.07) is 3.17. The standard InChI is InChI=1S/C13H15F2N5/c1-7(2)11-12(17-6-18-13(11)20-16)19-10-5-8(14)3-4-9(10)15/h3-7H,16H2,1-2H3,(H2,17,18,19,20). The molecular weight excluding hydrogens is 264 g/mol. The van der Waals surface area contributed by atoms with Crippen LogP contribution in [0.4, 0.5) is 26.1 Å². The van der Waals surface area contributed by atoms with Crippen LogP contribution in [0.2, 0.25) is 0 Å². The number of nitrogens with zero attached hydrogens (tertiary/aromatic N) is 2. The molecule has 0 radical (unpaired) electrons. The monoisotopic (exact) mass is 279 g/mol. The first-order valence-corrected chi connectivity index (χ1v) is 6.06. The minimum atomic E-state index is -0.568. The molecule has 0 aliphatic carbocycles. The van der Waals surface area contributed by atoms with Gasteiger partial charge in [0.05, 0.1) is 5.69 Å². The zero-order valence-electron chi connectivity index (χ0n) is 11.1. The highest BCUT2D eigenvalue weighted by molar-refractivity contribution is 5.65. The molecule has 0 unspecified atom stereocenters. The summed E-state index contributed by atoms with van der Waals surface area (Å²) < 4.78 is 26.8. The number of hydrogen-bond donors (Lipinski definition) is 3. The maximum absolute atomic E-state index is 13.7. The minimum Gasteiger partial charge on any atom is -0.337 e. The van der Waals surface area contributed by atoms with E-state index in [1.54, 1.807) is 0 Å². The van der Waals surface area contributed by atoms with Crippen molar-refractivity contribution in [3.8, 4) is 0 Å². The summed E-state index contributed by atoms with van der Waals surface area (Å²) in [6.45, 7) is 3.85. The van der Waals surface area contributed by atoms with E-state index >= 15 is 0 Å². The summed E-state index contributed by atoms with van der Waals surface area (Å²) in [6.07, 6.45) is 1.29. The quantitative estimate of drug-likeness (QED) is 0.592. The zero-order chi connectivity index (χ0) is 14.7. The second-order valence-electron chi connectivity index (χ2n) is 4.53. The highest BCUT2D eigenvalue weighted by atomic mass is 19.1. The van der Waals surface area contributed by atoms with Crippen molar-refractivity contribution in [3.05, 3.63) is 41.7 Å². The average molecular weight is 279 g/mol. The molecule has 0 atom stereocenters. The van der Waals surface area contributed by atoms with E-state index in [2.05, 4.69) is 20.7 Å². The summed E-state index contributed by atoms with van der Waals surface area (Å²) in [7, 11) is 0. The van der Waals surface area contributed by atoms with E-state index in [1.165, 1.54) is 6.33 Å². The van der Waals surface area contributed by atoms with Gasteiger partial charge in [0.15, 0.2) is 0 Å². The number of aromatic nitrogens is 2. The van der Waals surface area contributed by atoms with Crippen molar-refractivity contribution in [1.29, 1.82) is 0 Å². The van der Waals surface area contributed by atoms with Gasteiger partial charge in [-0.1, -0.05) is 13.8 Å². The summed E-state index contributed by atoms with van der Waals surface area (Å²) in [5.74, 6) is 5.16. The molecule has 1 aromatic carbocycles. The van der Waals surface area contributed by atoms with Crippen LogP contribution >= 0.6 is 0 Å². The van der Waals surface area contributed by atoms with Crippen LogP contribution < -0.4 is 16.6 Å². The maximum atomic E-state index is 13.7. The fourth-order valence-electron chi connectivity index (χ4n) is 1.88. The van der Waals surface area contributed by atoms with Crippen molar-refractivity contribution in [2.24, 2.45) is 5.84 Å². The van der Waals surface area contributed by atoms with Crippen molar-refractivity contribution >= 4 is 17.3 Å². The highest BCUT2D eigenvalue weighted by Crippen LogP contribution is 2.30. The van der Waals surface area contributed by atoms with Crippen LogP contribution in [0, 0.1) is 11.6 Å². The van der Waals surface area contributed by atoms with Crippen LogP contribution in [0.25, 0.3) is 0 Å². The lowest BCUT2D eigenvalue weighted by Crippen LogP contribution is -2.14. The minimum absolute atomic E-state index is 0.00794. The Bertz CT molecular complexity index is 616. The summed E-state index contributed by atoms with van der Waals surface area (Å²) in [4.78, 5) is 8.07. The van der Waals surface area contributed by atoms with Crippen molar-refractivity contribution in [2.45, 2.75) is 19.8 Å². The van der Waals surface area contributed by atoms with Crippen LogP contribution in [-0.2, 0) is 0 Å². The number of anilines is 3. The third kappa shape index (κ3) is 2.83. The van der Waals surface area contributed by atoms with E-state index in [0.29, 0.717) is 17.2 Å². The average Bonchev–Trinajstić information content (AvgIpc) is 2.42. The Morgan fingerprint density at radius 2 is 1.85 bits per heavy atom. The predicted octanol–water partition coefficient (Wildman–Crippen LogP) is 2.91. The van der Waals surface area contributed by atoms with E-state index in [0.717, 1.165) is 18.2 Å². The van der Waals surface area contributed by atoms with Crippen molar-refractivity contribution in [1.82, 2.24) is 9.97 Å². The number of halogens is 2. The van der Waals surface area contributed by atoms with Crippen LogP contribution in [-0.4, -0.2) is 9.97 Å². The molecule has 1 heterocycles. The van der Waals surface area contributed by atoms with Gasteiger partial charge in [-0.2, -0.15) is 0 Å². The van der Waals surface area contributed by atoms with Crippen LogP contribution in [0.15, 0.2) is 24.5 Å². The Hall–Kier alpha value is -2.28. The van der Waals surface area contributed by atoms with E-state index in [1.807, 2.05) is 13.8 Å². The molecule has 1 aromatic heterocycles. The normalized spacial score (nSPS) is 10.7. The lowest BCUT2D eigenvalue weighted by atomic mass is 10.0. The van der Waals surface area contributed by atoms with E-state index in [9.17, 15) is 8.78 Å². The Morgan fingerprint density at radius 1 is 1.15 bits per heavy atom. The smallest absolute Gasteiger partial charge is 0.148 e. The largest absolute Gasteiger partial charge is 0.337 e. The number of nitrogens with one attached hydrogen (secondary N) is 2. The SMILES string of the molecule is CC(C)c1c(NN)ncnc1Nc1cc(F)ccc1F. The highest BCUT2D eigenvalue weighted by Gasteiger charge is 2.16. The van der Waals surface area contributed by atoms with Crippen LogP contribution in [0.5, 0.6) is 0 Å². The second-order valence-corrected chi connectivity index (χ2v) is 4.53. The van der Waals surface area contributed by atoms with Crippen molar-refractivity contribution in [3.63, 3.8) is 0 Å². The lowest BCUT2D eigenvalue weighted by molar-refractivity contribution is 0.603. The van der Waals surface area contributed by atoms with E-state index < -0.39 is 11.6 Å². The molecule has 2 aromatic rings. The first kappa shape index (κ1) is 14.1. The van der Waals surface area contributed by atoms with Gasteiger partial charge in [0.1, 0.15) is 29.6 Å². The third-order valence-corrected chi connectivity index (χ3v) is 2.78. The van der Waals surface area contributed by atoms with Crippen molar-refractivity contribution < 1.29 is 8.78 Å². The maximum Gasteiger partial charge on any atom is 0.148 e. The molecule has 0 aliphatic heterocycles. The van der Waals surface area contributed by atoms with Gasteiger partial charge in [-0.15, -0.1) is 0 Å². The molecule has 0 saturated carbocycles. The molecule has 0 spiro atoms. The Morgan fingerprint density at radius 3 is 2.50 bits per heavy atom. The molecule has 0 amide bonds. The molecular formula is C13H15F2N5. The number of nitrogens with two attached hydrogens (primary N) is 1. The Labute approximate surface area is 115 Å². The molecule has 4 N–H and O–H groups in total. The number of benzene rings is 1. The molecule has 7 heteroatoms. The van der Waals surface area contributed by atoms with Gasteiger partial charge in [-0.25, -0.2) is 24.6 Å². The van der Waals surface area contributed by atoms with E-state index in [4.69, 9.17) is 5.84 Å². The third-order valence-electron chi connectivity index (χ3n) is 2.78. The number of rotatable bonds is 4. The van der Waals surface area contributed by atoms with Crippen LogP contribution in [0.3, 0.4) is 0 Å². The van der Waals surface area contributed by atoms with Crippen LogP contribution in [0.1, 0.15) is 25.3 Å². The molecule has 0 aliphatic rings. The molecule has 20 heavy (non-hydrogen) atoms. The summed E-state index contributed by atoms with van der Waals surface area (Å²) in [5, 5.41) is 2.78. The first-order valence-electron chi connectivity index (χ1n) is 6.06. The summed E-state index contributed by atoms with van der Waals surface area (Å²) in [5.41, 5.74) is 3.17. The first-order chi connectivity index (χ1) is 9.52. The number of hydrazine groups is 1. The Balaban J connectivity index is 2.45.